The molecule has 0 aliphatic carbocycles. The van der Waals surface area contributed by atoms with E-state index in [9.17, 15) is 4.79 Å². The maximum atomic E-state index is 13.1. The molecule has 4 aromatic rings. The predicted molar refractivity (Wildman–Crippen MR) is 97.0 cm³/mol. The summed E-state index contributed by atoms with van der Waals surface area (Å²) >= 11 is 1.32. The van der Waals surface area contributed by atoms with Crippen molar-refractivity contribution in [3.8, 4) is 11.8 Å². The highest BCUT2D eigenvalue weighted by Crippen LogP contribution is 2.25. The third-order valence-electron chi connectivity index (χ3n) is 3.87. The van der Waals surface area contributed by atoms with Crippen LogP contribution in [0.3, 0.4) is 0 Å². The average molecular weight is 347 g/mol. The highest BCUT2D eigenvalue weighted by molar-refractivity contribution is 8.00. The lowest BCUT2D eigenvalue weighted by atomic mass is 10.2. The number of fused-ring (bicyclic) bond motifs is 3. The van der Waals surface area contributed by atoms with E-state index in [2.05, 4.69) is 16.3 Å². The smallest absolute Gasteiger partial charge is 0.267 e. The van der Waals surface area contributed by atoms with Gasteiger partial charge in [0.1, 0.15) is 0 Å². The number of thioether (sulfide) groups is 1. The van der Waals surface area contributed by atoms with Gasteiger partial charge < -0.3 is 0 Å². The minimum Gasteiger partial charge on any atom is -0.268 e. The molecular formula is C18H13N5OS. The van der Waals surface area contributed by atoms with E-state index in [4.69, 9.17) is 5.26 Å². The summed E-state index contributed by atoms with van der Waals surface area (Å²) in [7, 11) is 0. The van der Waals surface area contributed by atoms with Gasteiger partial charge in [-0.25, -0.2) is 4.57 Å². The first-order chi connectivity index (χ1) is 12.2. The number of nitriles is 1. The molecule has 0 unspecified atom stereocenters. The van der Waals surface area contributed by atoms with Crippen LogP contribution in [0.25, 0.3) is 22.4 Å². The molecule has 0 saturated carbocycles. The Balaban J connectivity index is 2.14. The van der Waals surface area contributed by atoms with Crippen LogP contribution in [0, 0.1) is 11.3 Å². The molecular weight excluding hydrogens is 334 g/mol. The summed E-state index contributed by atoms with van der Waals surface area (Å²) in [6, 6.07) is 18.9. The maximum absolute atomic E-state index is 13.1. The first-order valence-corrected chi connectivity index (χ1v) is 8.59. The summed E-state index contributed by atoms with van der Waals surface area (Å²) in [6.45, 7) is 1.81. The van der Waals surface area contributed by atoms with Crippen molar-refractivity contribution in [2.45, 2.75) is 17.3 Å². The fourth-order valence-electron chi connectivity index (χ4n) is 2.75. The van der Waals surface area contributed by atoms with Crippen molar-refractivity contribution in [3.63, 3.8) is 0 Å². The lowest BCUT2D eigenvalue weighted by Crippen LogP contribution is -2.21. The van der Waals surface area contributed by atoms with E-state index >= 15 is 0 Å². The lowest BCUT2D eigenvalue weighted by Gasteiger charge is -2.11. The van der Waals surface area contributed by atoms with E-state index in [1.54, 1.807) is 17.6 Å². The molecule has 0 spiro atoms. The molecule has 7 heteroatoms. The van der Waals surface area contributed by atoms with E-state index in [-0.39, 0.29) is 10.8 Å². The summed E-state index contributed by atoms with van der Waals surface area (Å²) in [4.78, 5) is 13.1. The van der Waals surface area contributed by atoms with Gasteiger partial charge in [0.05, 0.1) is 27.9 Å². The van der Waals surface area contributed by atoms with Crippen molar-refractivity contribution in [2.75, 3.05) is 0 Å². The molecule has 0 radical (unpaired) electrons. The fraction of sp³-hybridized carbons (Fsp3) is 0.111. The number of hydrogen-bond acceptors (Lipinski definition) is 5. The van der Waals surface area contributed by atoms with Crippen molar-refractivity contribution < 1.29 is 0 Å². The largest absolute Gasteiger partial charge is 0.268 e. The molecule has 0 fully saturated rings. The van der Waals surface area contributed by atoms with Crippen LogP contribution in [0.5, 0.6) is 0 Å². The van der Waals surface area contributed by atoms with Gasteiger partial charge in [-0.15, -0.1) is 10.2 Å². The van der Waals surface area contributed by atoms with E-state index in [0.29, 0.717) is 16.3 Å². The van der Waals surface area contributed by atoms with Gasteiger partial charge >= 0.3 is 0 Å². The zero-order valence-corrected chi connectivity index (χ0v) is 14.1. The van der Waals surface area contributed by atoms with Crippen LogP contribution >= 0.6 is 11.8 Å². The Labute approximate surface area is 147 Å². The van der Waals surface area contributed by atoms with Crippen LogP contribution in [0.15, 0.2) is 64.5 Å². The molecule has 0 amide bonds. The minimum absolute atomic E-state index is 0.147. The van der Waals surface area contributed by atoms with Crippen LogP contribution in [0.1, 0.15) is 6.92 Å². The topological polar surface area (TPSA) is 76.0 Å². The first-order valence-electron chi connectivity index (χ1n) is 7.71. The molecule has 122 valence electrons. The number of aromatic nitrogens is 4. The van der Waals surface area contributed by atoms with Crippen molar-refractivity contribution in [3.05, 3.63) is 65.0 Å². The molecule has 2 heterocycles. The van der Waals surface area contributed by atoms with E-state index in [1.807, 2.05) is 52.9 Å². The van der Waals surface area contributed by atoms with Gasteiger partial charge in [-0.2, -0.15) is 5.26 Å². The third-order valence-corrected chi connectivity index (χ3v) is 4.81. The van der Waals surface area contributed by atoms with Gasteiger partial charge in [-0.05, 0) is 31.2 Å². The second-order valence-corrected chi connectivity index (χ2v) is 6.81. The van der Waals surface area contributed by atoms with E-state index in [0.717, 1.165) is 11.2 Å². The van der Waals surface area contributed by atoms with E-state index < -0.39 is 0 Å². The number of rotatable bonds is 3. The molecule has 6 nitrogen and oxygen atoms in total. The summed E-state index contributed by atoms with van der Waals surface area (Å²) in [5.41, 5.74) is 1.31. The third kappa shape index (κ3) is 2.47. The van der Waals surface area contributed by atoms with Crippen molar-refractivity contribution in [2.24, 2.45) is 0 Å². The molecule has 0 aliphatic heterocycles. The van der Waals surface area contributed by atoms with Gasteiger partial charge in [0.15, 0.2) is 5.16 Å². The fourth-order valence-corrected chi connectivity index (χ4v) is 3.49. The Morgan fingerprint density at radius 2 is 1.80 bits per heavy atom. The highest BCUT2D eigenvalue weighted by Gasteiger charge is 2.18. The number of hydrogen-bond donors (Lipinski definition) is 0. The Bertz CT molecular complexity index is 1170. The highest BCUT2D eigenvalue weighted by atomic mass is 32.2. The quantitative estimate of drug-likeness (QED) is 0.533. The second kappa shape index (κ2) is 6.07. The van der Waals surface area contributed by atoms with E-state index in [1.165, 1.54) is 11.8 Å². The number of benzene rings is 2. The standard InChI is InChI=1S/C18H13N5OS/c1-12(11-19)25-18-21-20-17-22(13-7-3-2-4-8-13)16(24)14-9-5-6-10-15(14)23(17)18/h2-10,12H,1H3/t12-/m0/s1. The molecule has 4 rings (SSSR count). The molecule has 0 N–H and O–H groups in total. The molecule has 2 aromatic heterocycles. The molecule has 25 heavy (non-hydrogen) atoms. The van der Waals surface area contributed by atoms with Crippen LogP contribution in [0.4, 0.5) is 0 Å². The zero-order chi connectivity index (χ0) is 17.4. The van der Waals surface area contributed by atoms with Crippen LogP contribution in [0.2, 0.25) is 0 Å². The van der Waals surface area contributed by atoms with Crippen LogP contribution < -0.4 is 5.56 Å². The SMILES string of the molecule is C[C@@H](C#N)Sc1nnc2n(-c3ccccc3)c(=O)c3ccccc3n12. The summed E-state index contributed by atoms with van der Waals surface area (Å²) < 4.78 is 3.39. The van der Waals surface area contributed by atoms with Gasteiger partial charge in [-0.3, -0.25) is 9.20 Å². The predicted octanol–water partition coefficient (Wildman–Crippen LogP) is 3.04. The van der Waals surface area contributed by atoms with Gasteiger partial charge in [0.25, 0.3) is 5.56 Å². The molecule has 2 aromatic carbocycles. The van der Waals surface area contributed by atoms with Gasteiger partial charge in [-0.1, -0.05) is 42.1 Å². The maximum Gasteiger partial charge on any atom is 0.267 e. The number of nitrogens with zero attached hydrogens (tertiary/aromatic N) is 5. The Kier molecular flexibility index (Phi) is 3.75. The van der Waals surface area contributed by atoms with Gasteiger partial charge in [0.2, 0.25) is 5.78 Å². The summed E-state index contributed by atoms with van der Waals surface area (Å²) in [6.07, 6.45) is 0. The van der Waals surface area contributed by atoms with Crippen molar-refractivity contribution >= 4 is 28.4 Å². The minimum atomic E-state index is -0.275. The second-order valence-electron chi connectivity index (χ2n) is 5.50. The van der Waals surface area contributed by atoms with Crippen molar-refractivity contribution in [1.82, 2.24) is 19.2 Å². The summed E-state index contributed by atoms with van der Waals surface area (Å²) in [5, 5.41) is 18.5. The monoisotopic (exact) mass is 347 g/mol. The molecule has 0 aliphatic rings. The lowest BCUT2D eigenvalue weighted by molar-refractivity contribution is 0.927. The summed E-state index contributed by atoms with van der Waals surface area (Å²) in [5.74, 6) is 0.433. The Morgan fingerprint density at radius 3 is 2.56 bits per heavy atom. The Morgan fingerprint density at radius 1 is 1.08 bits per heavy atom. The Hall–Kier alpha value is -3.11. The van der Waals surface area contributed by atoms with Crippen LogP contribution in [-0.4, -0.2) is 24.4 Å². The molecule has 0 saturated heterocycles. The normalized spacial score (nSPS) is 12.3. The van der Waals surface area contributed by atoms with Gasteiger partial charge in [0, 0.05) is 0 Å². The van der Waals surface area contributed by atoms with Crippen molar-refractivity contribution in [1.29, 1.82) is 5.26 Å². The van der Waals surface area contributed by atoms with Crippen LogP contribution in [-0.2, 0) is 0 Å². The first kappa shape index (κ1) is 15.4. The number of para-hydroxylation sites is 2. The zero-order valence-electron chi connectivity index (χ0n) is 13.3. The molecule has 1 atom stereocenters. The molecule has 0 bridgehead atoms. The average Bonchev–Trinajstić information content (AvgIpc) is 3.06.